The molecule has 0 atom stereocenters. The molecule has 0 radical (unpaired) electrons. The number of ether oxygens (including phenoxy) is 4. The zero-order chi connectivity index (χ0) is 21.7. The Morgan fingerprint density at radius 2 is 1.13 bits per heavy atom. The molecular formula is C24H27NO5. The number of carbonyl (C=O) groups is 1. The lowest BCUT2D eigenvalue weighted by Gasteiger charge is -2.23. The van der Waals surface area contributed by atoms with Gasteiger partial charge in [0.2, 0.25) is 0 Å². The first kappa shape index (κ1) is 21.5. The van der Waals surface area contributed by atoms with Crippen molar-refractivity contribution >= 4 is 17.9 Å². The fraction of sp³-hybridized carbons (Fsp3) is 0.292. The lowest BCUT2D eigenvalue weighted by atomic mass is 9.84. The van der Waals surface area contributed by atoms with E-state index in [0.29, 0.717) is 47.0 Å². The normalized spacial score (nSPS) is 19.1. The number of benzene rings is 2. The molecule has 0 amide bonds. The van der Waals surface area contributed by atoms with Crippen LogP contribution in [0.5, 0.6) is 23.0 Å². The lowest BCUT2D eigenvalue weighted by molar-refractivity contribution is -0.112. The molecule has 0 saturated heterocycles. The topological polar surface area (TPSA) is 80.0 Å². The average Bonchev–Trinajstić information content (AvgIpc) is 2.76. The van der Waals surface area contributed by atoms with E-state index in [9.17, 15) is 4.79 Å². The molecular weight excluding hydrogens is 382 g/mol. The Bertz CT molecular complexity index is 916. The molecule has 30 heavy (non-hydrogen) atoms. The molecule has 1 aliphatic rings. The number of nitrogens with two attached hydrogens (primary N) is 1. The first-order chi connectivity index (χ1) is 14.5. The molecule has 1 saturated carbocycles. The van der Waals surface area contributed by atoms with Crippen LogP contribution < -0.4 is 24.7 Å². The highest BCUT2D eigenvalue weighted by Gasteiger charge is 2.26. The van der Waals surface area contributed by atoms with E-state index in [1.807, 2.05) is 48.6 Å². The van der Waals surface area contributed by atoms with Crippen molar-refractivity contribution in [3.63, 3.8) is 0 Å². The van der Waals surface area contributed by atoms with Gasteiger partial charge >= 0.3 is 0 Å². The van der Waals surface area contributed by atoms with E-state index in [1.54, 1.807) is 28.4 Å². The Morgan fingerprint density at radius 1 is 0.733 bits per heavy atom. The highest BCUT2D eigenvalue weighted by Crippen LogP contribution is 2.33. The smallest absolute Gasteiger partial charge is 0.185 e. The summed E-state index contributed by atoms with van der Waals surface area (Å²) in [6.45, 7) is 0. The number of hydrogen-bond acceptors (Lipinski definition) is 6. The fourth-order valence-corrected chi connectivity index (χ4v) is 3.57. The zero-order valence-corrected chi connectivity index (χ0v) is 17.7. The van der Waals surface area contributed by atoms with Crippen molar-refractivity contribution in [1.29, 1.82) is 0 Å². The minimum Gasteiger partial charge on any atom is -0.493 e. The average molecular weight is 409 g/mol. The highest BCUT2D eigenvalue weighted by molar-refractivity contribution is 6.14. The van der Waals surface area contributed by atoms with Crippen molar-refractivity contribution in [2.45, 2.75) is 18.9 Å². The van der Waals surface area contributed by atoms with Crippen LogP contribution in [0.4, 0.5) is 0 Å². The van der Waals surface area contributed by atoms with Gasteiger partial charge in [0.25, 0.3) is 0 Å². The van der Waals surface area contributed by atoms with Crippen LogP contribution in [0, 0.1) is 0 Å². The van der Waals surface area contributed by atoms with Gasteiger partial charge in [-0.15, -0.1) is 0 Å². The Morgan fingerprint density at radius 3 is 1.50 bits per heavy atom. The van der Waals surface area contributed by atoms with Crippen LogP contribution in [0.3, 0.4) is 0 Å². The summed E-state index contributed by atoms with van der Waals surface area (Å²) >= 11 is 0. The Labute approximate surface area is 176 Å². The summed E-state index contributed by atoms with van der Waals surface area (Å²) in [7, 11) is 6.34. The van der Waals surface area contributed by atoms with E-state index in [1.165, 1.54) is 0 Å². The maximum Gasteiger partial charge on any atom is 0.185 e. The SMILES string of the molecule is COc1ccc(/C=C2\CC(N)C/C(=C\c3ccc(OC)c(OC)c3)C2=O)cc1OC. The van der Waals surface area contributed by atoms with Crippen LogP contribution in [0.25, 0.3) is 12.2 Å². The molecule has 6 heteroatoms. The van der Waals surface area contributed by atoms with Gasteiger partial charge in [-0.1, -0.05) is 12.1 Å². The van der Waals surface area contributed by atoms with Crippen LogP contribution >= 0.6 is 0 Å². The Hall–Kier alpha value is -3.25. The van der Waals surface area contributed by atoms with Gasteiger partial charge in [0.1, 0.15) is 0 Å². The van der Waals surface area contributed by atoms with Crippen LogP contribution in [0.1, 0.15) is 24.0 Å². The van der Waals surface area contributed by atoms with Crippen molar-refractivity contribution in [1.82, 2.24) is 0 Å². The maximum absolute atomic E-state index is 13.1. The fourth-order valence-electron chi connectivity index (χ4n) is 3.57. The van der Waals surface area contributed by atoms with E-state index in [-0.39, 0.29) is 11.8 Å². The summed E-state index contributed by atoms with van der Waals surface area (Å²) in [6, 6.07) is 11.0. The number of carbonyl (C=O) groups excluding carboxylic acids is 1. The van der Waals surface area contributed by atoms with Crippen molar-refractivity contribution in [2.75, 3.05) is 28.4 Å². The minimum atomic E-state index is -0.125. The molecule has 6 nitrogen and oxygen atoms in total. The summed E-state index contributed by atoms with van der Waals surface area (Å²) < 4.78 is 21.3. The molecule has 0 bridgehead atoms. The van der Waals surface area contributed by atoms with E-state index in [2.05, 4.69) is 0 Å². The van der Waals surface area contributed by atoms with Crippen LogP contribution in [0.2, 0.25) is 0 Å². The summed E-state index contributed by atoms with van der Waals surface area (Å²) in [6.07, 6.45) is 4.78. The zero-order valence-electron chi connectivity index (χ0n) is 17.7. The standard InChI is InChI=1S/C24H27NO5/c1-27-20-7-5-15(11-22(20)29-3)9-17-13-19(25)14-18(24(17)26)10-16-6-8-21(28-2)23(12-16)30-4/h5-12,19H,13-14,25H2,1-4H3/b17-9+,18-10+. The van der Waals surface area contributed by atoms with E-state index in [0.717, 1.165) is 11.1 Å². The van der Waals surface area contributed by atoms with E-state index >= 15 is 0 Å². The molecule has 1 aliphatic carbocycles. The number of Topliss-reactive ketones (excluding diaryl/α,β-unsaturated/α-hetero) is 1. The summed E-state index contributed by atoms with van der Waals surface area (Å²) in [5, 5.41) is 0. The monoisotopic (exact) mass is 409 g/mol. The molecule has 0 heterocycles. The third-order valence-corrected chi connectivity index (χ3v) is 5.04. The van der Waals surface area contributed by atoms with Gasteiger partial charge in [0.05, 0.1) is 28.4 Å². The van der Waals surface area contributed by atoms with Crippen LogP contribution in [-0.2, 0) is 4.79 Å². The van der Waals surface area contributed by atoms with Crippen molar-refractivity contribution in [3.05, 3.63) is 58.7 Å². The number of hydrogen-bond donors (Lipinski definition) is 1. The van der Waals surface area contributed by atoms with Gasteiger partial charge in [0.15, 0.2) is 28.8 Å². The van der Waals surface area contributed by atoms with Crippen LogP contribution in [0.15, 0.2) is 47.5 Å². The molecule has 3 rings (SSSR count). The van der Waals surface area contributed by atoms with Crippen molar-refractivity contribution < 1.29 is 23.7 Å². The summed E-state index contributed by atoms with van der Waals surface area (Å²) in [4.78, 5) is 13.1. The number of methoxy groups -OCH3 is 4. The number of ketones is 1. The third kappa shape index (κ3) is 4.66. The van der Waals surface area contributed by atoms with Crippen molar-refractivity contribution in [2.24, 2.45) is 5.73 Å². The molecule has 0 unspecified atom stereocenters. The van der Waals surface area contributed by atoms with Gasteiger partial charge in [-0.05, 0) is 60.4 Å². The molecule has 0 aromatic heterocycles. The second kappa shape index (κ2) is 9.50. The minimum absolute atomic E-state index is 0.00118. The first-order valence-electron chi connectivity index (χ1n) is 9.64. The summed E-state index contributed by atoms with van der Waals surface area (Å²) in [5.41, 5.74) is 9.33. The predicted octanol–water partition coefficient (Wildman–Crippen LogP) is 3.88. The van der Waals surface area contributed by atoms with E-state index in [4.69, 9.17) is 24.7 Å². The van der Waals surface area contributed by atoms with Crippen molar-refractivity contribution in [3.8, 4) is 23.0 Å². The lowest BCUT2D eigenvalue weighted by Crippen LogP contribution is -2.30. The van der Waals surface area contributed by atoms with Gasteiger partial charge in [0, 0.05) is 17.2 Å². The Kier molecular flexibility index (Phi) is 6.79. The van der Waals surface area contributed by atoms with Gasteiger partial charge in [-0.3, -0.25) is 4.79 Å². The predicted molar refractivity (Wildman–Crippen MR) is 117 cm³/mol. The highest BCUT2D eigenvalue weighted by atomic mass is 16.5. The Balaban J connectivity index is 1.93. The molecule has 0 aliphatic heterocycles. The molecule has 2 aromatic rings. The largest absolute Gasteiger partial charge is 0.493 e. The number of rotatable bonds is 6. The van der Waals surface area contributed by atoms with E-state index < -0.39 is 0 Å². The quantitative estimate of drug-likeness (QED) is 0.730. The molecule has 158 valence electrons. The van der Waals surface area contributed by atoms with Gasteiger partial charge < -0.3 is 24.7 Å². The second-order valence-electron chi connectivity index (χ2n) is 7.07. The molecule has 2 aromatic carbocycles. The second-order valence-corrected chi connectivity index (χ2v) is 7.07. The van der Waals surface area contributed by atoms with Gasteiger partial charge in [-0.25, -0.2) is 0 Å². The summed E-state index contributed by atoms with van der Waals surface area (Å²) in [5.74, 6) is 2.50. The first-order valence-corrected chi connectivity index (χ1v) is 9.64. The maximum atomic E-state index is 13.1. The molecule has 2 N–H and O–H groups in total. The molecule has 0 spiro atoms. The van der Waals surface area contributed by atoms with Crippen LogP contribution in [-0.4, -0.2) is 40.3 Å². The third-order valence-electron chi connectivity index (χ3n) is 5.04. The molecule has 1 fully saturated rings. The van der Waals surface area contributed by atoms with Gasteiger partial charge in [-0.2, -0.15) is 0 Å².